The van der Waals surface area contributed by atoms with Gasteiger partial charge in [-0.25, -0.2) is 9.78 Å². The first-order chi connectivity index (χ1) is 14.3. The first kappa shape index (κ1) is 21.4. The highest BCUT2D eigenvalue weighted by Crippen LogP contribution is 2.28. The zero-order valence-electron chi connectivity index (χ0n) is 17.0. The highest BCUT2D eigenvalue weighted by Gasteiger charge is 2.30. The summed E-state index contributed by atoms with van der Waals surface area (Å²) in [6.45, 7) is 2.83. The molecule has 2 aromatic carbocycles. The minimum atomic E-state index is -1.17. The molecule has 7 nitrogen and oxygen atoms in total. The molecule has 8 heteroatoms. The molecule has 3 aromatic rings. The molecule has 0 fully saturated rings. The third-order valence-corrected chi connectivity index (χ3v) is 5.46. The quantitative estimate of drug-likeness (QED) is 0.567. The summed E-state index contributed by atoms with van der Waals surface area (Å²) < 4.78 is 5.63. The van der Waals surface area contributed by atoms with Crippen LogP contribution in [0.25, 0.3) is 21.3 Å². The van der Waals surface area contributed by atoms with Crippen LogP contribution < -0.4 is 10.6 Å². The van der Waals surface area contributed by atoms with Crippen molar-refractivity contribution in [1.29, 1.82) is 0 Å². The van der Waals surface area contributed by atoms with Crippen LogP contribution in [0.3, 0.4) is 0 Å². The average Bonchev–Trinajstić information content (AvgIpc) is 3.13. The Kier molecular flexibility index (Phi) is 6.47. The molecule has 0 aliphatic heterocycles. The highest BCUT2D eigenvalue weighted by molar-refractivity contribution is 7.18. The number of hydrogen-bond donors (Lipinski definition) is 2. The lowest BCUT2D eigenvalue weighted by atomic mass is 10.1. The molecule has 2 N–H and O–H groups in total. The lowest BCUT2D eigenvalue weighted by Gasteiger charge is -2.23. The van der Waals surface area contributed by atoms with Gasteiger partial charge in [-0.1, -0.05) is 36.4 Å². The molecule has 30 heavy (non-hydrogen) atoms. The lowest BCUT2D eigenvalue weighted by molar-refractivity contribution is -0.149. The first-order valence-electron chi connectivity index (χ1n) is 9.39. The summed E-state index contributed by atoms with van der Waals surface area (Å²) in [5, 5.41) is 5.75. The summed E-state index contributed by atoms with van der Waals surface area (Å²) in [4.78, 5) is 40.3. The normalized spacial score (nSPS) is 11.2. The zero-order valence-corrected chi connectivity index (χ0v) is 17.8. The fourth-order valence-corrected chi connectivity index (χ4v) is 3.94. The van der Waals surface area contributed by atoms with Crippen LogP contribution in [-0.4, -0.2) is 42.0 Å². The molecule has 1 aromatic heterocycles. The van der Waals surface area contributed by atoms with Gasteiger partial charge >= 0.3 is 5.97 Å². The number of rotatable bonds is 7. The number of nitrogens with one attached hydrogen (secondary N) is 2. The van der Waals surface area contributed by atoms with E-state index in [-0.39, 0.29) is 18.9 Å². The molecule has 0 bridgehead atoms. The van der Waals surface area contributed by atoms with Crippen molar-refractivity contribution >= 4 is 39.3 Å². The molecule has 0 saturated carbocycles. The smallest absolute Gasteiger partial charge is 0.330 e. The van der Waals surface area contributed by atoms with Gasteiger partial charge in [-0.2, -0.15) is 0 Å². The van der Waals surface area contributed by atoms with Crippen LogP contribution >= 0.6 is 11.3 Å². The van der Waals surface area contributed by atoms with E-state index in [0.717, 1.165) is 21.3 Å². The number of fused-ring (bicyclic) bond motifs is 1. The van der Waals surface area contributed by atoms with E-state index in [2.05, 4.69) is 26.4 Å². The minimum absolute atomic E-state index is 0.0771. The second-order valence-electron chi connectivity index (χ2n) is 7.27. The number of thiazole rings is 1. The van der Waals surface area contributed by atoms with Crippen LogP contribution in [0.15, 0.2) is 48.5 Å². The Balaban J connectivity index is 1.59. The molecular weight excluding hydrogens is 402 g/mol. The van der Waals surface area contributed by atoms with Crippen molar-refractivity contribution in [2.75, 3.05) is 13.7 Å². The Labute approximate surface area is 178 Å². The molecule has 3 rings (SSSR count). The first-order valence-corrected chi connectivity index (χ1v) is 10.2. The number of nitrogens with zero attached hydrogens (tertiary/aromatic N) is 1. The Morgan fingerprint density at radius 3 is 2.47 bits per heavy atom. The summed E-state index contributed by atoms with van der Waals surface area (Å²) in [6.07, 6.45) is 0.0771. The van der Waals surface area contributed by atoms with Crippen LogP contribution in [0.4, 0.5) is 0 Å². The lowest BCUT2D eigenvalue weighted by Crippen LogP contribution is -2.53. The van der Waals surface area contributed by atoms with Crippen molar-refractivity contribution in [3.63, 3.8) is 0 Å². The standard InChI is InChI=1S/C22H23N3O4S/c1-22(2,21(28)29-3)25-19(27)13-23-18(26)12-20-24-16-10-9-15(11-17(16)30-20)14-7-5-4-6-8-14/h4-11H,12-13H2,1-3H3,(H,23,26)(H,25,27). The maximum Gasteiger partial charge on any atom is 0.330 e. The van der Waals surface area contributed by atoms with E-state index in [4.69, 9.17) is 0 Å². The fraction of sp³-hybridized carbons (Fsp3) is 0.273. The van der Waals surface area contributed by atoms with Gasteiger partial charge in [0.25, 0.3) is 0 Å². The monoisotopic (exact) mass is 425 g/mol. The summed E-state index contributed by atoms with van der Waals surface area (Å²) >= 11 is 1.45. The number of ether oxygens (including phenoxy) is 1. The van der Waals surface area contributed by atoms with Crippen LogP contribution in [-0.2, 0) is 25.5 Å². The molecule has 0 saturated heterocycles. The molecule has 156 valence electrons. The summed E-state index contributed by atoms with van der Waals surface area (Å²) in [5.41, 5.74) is 1.88. The second kappa shape index (κ2) is 9.04. The van der Waals surface area contributed by atoms with Gasteiger partial charge < -0.3 is 15.4 Å². The Hall–Kier alpha value is -3.26. The number of carbonyl (C=O) groups is 3. The maximum atomic E-state index is 12.2. The van der Waals surface area contributed by atoms with Crippen molar-refractivity contribution in [1.82, 2.24) is 15.6 Å². The van der Waals surface area contributed by atoms with Gasteiger partial charge in [-0.15, -0.1) is 11.3 Å². The molecule has 0 radical (unpaired) electrons. The Bertz CT molecular complexity index is 1080. The van der Waals surface area contributed by atoms with Crippen molar-refractivity contribution in [2.24, 2.45) is 0 Å². The highest BCUT2D eigenvalue weighted by atomic mass is 32.1. The van der Waals surface area contributed by atoms with E-state index in [9.17, 15) is 14.4 Å². The largest absolute Gasteiger partial charge is 0.467 e. The number of hydrogen-bond acceptors (Lipinski definition) is 6. The molecular formula is C22H23N3O4S. The Morgan fingerprint density at radius 2 is 1.77 bits per heavy atom. The van der Waals surface area contributed by atoms with Gasteiger partial charge in [0.05, 0.1) is 30.3 Å². The van der Waals surface area contributed by atoms with Crippen molar-refractivity contribution in [3.05, 3.63) is 53.5 Å². The average molecular weight is 426 g/mol. The summed E-state index contributed by atoms with van der Waals surface area (Å²) in [5.74, 6) is -1.36. The number of esters is 1. The second-order valence-corrected chi connectivity index (χ2v) is 8.39. The number of aromatic nitrogens is 1. The van der Waals surface area contributed by atoms with Crippen molar-refractivity contribution in [2.45, 2.75) is 25.8 Å². The van der Waals surface area contributed by atoms with Gasteiger partial charge in [0.15, 0.2) is 0 Å². The molecule has 0 aliphatic rings. The fourth-order valence-electron chi connectivity index (χ4n) is 2.94. The third kappa shape index (κ3) is 5.21. The predicted molar refractivity (Wildman–Crippen MR) is 116 cm³/mol. The number of methoxy groups -OCH3 is 1. The molecule has 1 heterocycles. The Morgan fingerprint density at radius 1 is 1.03 bits per heavy atom. The molecule has 2 amide bonds. The summed E-state index contributed by atoms with van der Waals surface area (Å²) in [6, 6.07) is 16.1. The van der Waals surface area contributed by atoms with E-state index in [0.29, 0.717) is 5.01 Å². The van der Waals surface area contributed by atoms with Crippen LogP contribution in [0.5, 0.6) is 0 Å². The van der Waals surface area contributed by atoms with E-state index < -0.39 is 17.4 Å². The van der Waals surface area contributed by atoms with Gasteiger partial charge in [-0.3, -0.25) is 9.59 Å². The van der Waals surface area contributed by atoms with Gasteiger partial charge in [0, 0.05) is 0 Å². The zero-order chi connectivity index (χ0) is 21.7. The topological polar surface area (TPSA) is 97.4 Å². The molecule has 0 spiro atoms. The van der Waals surface area contributed by atoms with E-state index in [1.165, 1.54) is 32.3 Å². The van der Waals surface area contributed by atoms with Gasteiger partial charge in [0.1, 0.15) is 10.5 Å². The third-order valence-electron chi connectivity index (χ3n) is 4.45. The van der Waals surface area contributed by atoms with E-state index >= 15 is 0 Å². The van der Waals surface area contributed by atoms with Crippen molar-refractivity contribution in [3.8, 4) is 11.1 Å². The molecule has 0 atom stereocenters. The van der Waals surface area contributed by atoms with E-state index in [1.807, 2.05) is 42.5 Å². The molecule has 0 aliphatic carbocycles. The SMILES string of the molecule is COC(=O)C(C)(C)NC(=O)CNC(=O)Cc1nc2ccc(-c3ccccc3)cc2s1. The van der Waals surface area contributed by atoms with E-state index in [1.54, 1.807) is 0 Å². The maximum absolute atomic E-state index is 12.2. The number of carbonyl (C=O) groups excluding carboxylic acids is 3. The van der Waals surface area contributed by atoms with Crippen molar-refractivity contribution < 1.29 is 19.1 Å². The number of benzene rings is 2. The molecule has 0 unspecified atom stereocenters. The van der Waals surface area contributed by atoms with Gasteiger partial charge in [-0.05, 0) is 37.1 Å². The predicted octanol–water partition coefficient (Wildman–Crippen LogP) is 2.69. The van der Waals surface area contributed by atoms with Crippen LogP contribution in [0, 0.1) is 0 Å². The van der Waals surface area contributed by atoms with Crippen LogP contribution in [0.1, 0.15) is 18.9 Å². The summed E-state index contributed by atoms with van der Waals surface area (Å²) in [7, 11) is 1.25. The van der Waals surface area contributed by atoms with Gasteiger partial charge in [0.2, 0.25) is 11.8 Å². The van der Waals surface area contributed by atoms with Crippen LogP contribution in [0.2, 0.25) is 0 Å². The minimum Gasteiger partial charge on any atom is -0.467 e. The number of amides is 2.